The molecule has 1 heterocycles. The van der Waals surface area contributed by atoms with E-state index >= 15 is 0 Å². The molecule has 0 amide bonds. The molecule has 54 valence electrons. The third kappa shape index (κ3) is 1.15. The summed E-state index contributed by atoms with van der Waals surface area (Å²) >= 11 is 0. The van der Waals surface area contributed by atoms with Crippen LogP contribution in [0, 0.1) is 0 Å². The number of aryl methyl sites for hydroxylation is 1. The fourth-order valence-electron chi connectivity index (χ4n) is 0.636. The molecular weight excluding hydrogens is 130 g/mol. The minimum Gasteiger partial charge on any atom is -0.372 e. The summed E-state index contributed by atoms with van der Waals surface area (Å²) in [5.74, 6) is 0.696. The zero-order chi connectivity index (χ0) is 7.56. The molecule has 0 fully saturated rings. The first-order valence-electron chi connectivity index (χ1n) is 2.96. The number of nitrogens with zero attached hydrogens (tertiary/aromatic N) is 2. The Morgan fingerprint density at radius 1 is 1.60 bits per heavy atom. The van der Waals surface area contributed by atoms with Crippen LogP contribution in [0.15, 0.2) is 16.9 Å². The van der Waals surface area contributed by atoms with Gasteiger partial charge in [-0.25, -0.2) is 4.68 Å². The monoisotopic (exact) mass is 139 g/mol. The molecule has 0 radical (unpaired) electrons. The second-order valence-electron chi connectivity index (χ2n) is 1.93. The van der Waals surface area contributed by atoms with Crippen LogP contribution in [-0.4, -0.2) is 16.8 Å². The molecule has 0 aliphatic heterocycles. The summed E-state index contributed by atoms with van der Waals surface area (Å²) in [6.45, 7) is 0. The Balaban J connectivity index is 3.17. The highest BCUT2D eigenvalue weighted by Gasteiger charge is 1.91. The minimum atomic E-state index is -0.0981. The summed E-state index contributed by atoms with van der Waals surface area (Å²) < 4.78 is 1.28. The third-order valence-electron chi connectivity index (χ3n) is 1.22. The SMILES string of the molecule is CNc1ccc(=O)n(C)n1. The van der Waals surface area contributed by atoms with Crippen LogP contribution < -0.4 is 10.9 Å². The summed E-state index contributed by atoms with van der Waals surface area (Å²) in [5, 5.41) is 6.71. The molecule has 1 rings (SSSR count). The lowest BCUT2D eigenvalue weighted by molar-refractivity contribution is 0.712. The van der Waals surface area contributed by atoms with Gasteiger partial charge in [0.25, 0.3) is 5.56 Å². The van der Waals surface area contributed by atoms with E-state index in [2.05, 4.69) is 10.4 Å². The fraction of sp³-hybridized carbons (Fsp3) is 0.333. The smallest absolute Gasteiger partial charge is 0.266 e. The van der Waals surface area contributed by atoms with Crippen molar-refractivity contribution in [3.63, 3.8) is 0 Å². The Labute approximate surface area is 58.5 Å². The maximum absolute atomic E-state index is 10.8. The molecule has 1 aromatic rings. The maximum Gasteiger partial charge on any atom is 0.266 e. The normalized spacial score (nSPS) is 9.40. The summed E-state index contributed by atoms with van der Waals surface area (Å²) in [7, 11) is 3.37. The van der Waals surface area contributed by atoms with Gasteiger partial charge >= 0.3 is 0 Å². The molecule has 0 aliphatic rings. The van der Waals surface area contributed by atoms with Crippen molar-refractivity contribution in [3.8, 4) is 0 Å². The van der Waals surface area contributed by atoms with Gasteiger partial charge < -0.3 is 5.32 Å². The first-order chi connectivity index (χ1) is 4.74. The summed E-state index contributed by atoms with van der Waals surface area (Å²) in [5.41, 5.74) is -0.0981. The van der Waals surface area contributed by atoms with Crippen LogP contribution in [0.2, 0.25) is 0 Å². The lowest BCUT2D eigenvalue weighted by atomic mass is 10.5. The average Bonchev–Trinajstić information content (AvgIpc) is 1.95. The zero-order valence-electron chi connectivity index (χ0n) is 5.96. The molecule has 0 spiro atoms. The number of aromatic nitrogens is 2. The Kier molecular flexibility index (Phi) is 1.71. The number of anilines is 1. The van der Waals surface area contributed by atoms with E-state index in [1.807, 2.05) is 0 Å². The predicted octanol–water partition coefficient (Wildman–Crippen LogP) is -0.178. The minimum absolute atomic E-state index is 0.0981. The van der Waals surface area contributed by atoms with Crippen LogP contribution in [-0.2, 0) is 7.05 Å². The van der Waals surface area contributed by atoms with E-state index in [9.17, 15) is 4.79 Å². The van der Waals surface area contributed by atoms with E-state index in [0.717, 1.165) is 0 Å². The molecule has 1 N–H and O–H groups in total. The van der Waals surface area contributed by atoms with Gasteiger partial charge in [-0.2, -0.15) is 5.10 Å². The van der Waals surface area contributed by atoms with E-state index in [1.54, 1.807) is 20.2 Å². The maximum atomic E-state index is 10.8. The Morgan fingerprint density at radius 3 is 2.80 bits per heavy atom. The average molecular weight is 139 g/mol. The summed E-state index contributed by atoms with van der Waals surface area (Å²) in [6, 6.07) is 3.11. The second kappa shape index (κ2) is 2.51. The van der Waals surface area contributed by atoms with Gasteiger partial charge in [-0.1, -0.05) is 0 Å². The van der Waals surface area contributed by atoms with E-state index in [0.29, 0.717) is 5.82 Å². The molecule has 0 aromatic carbocycles. The largest absolute Gasteiger partial charge is 0.372 e. The summed E-state index contributed by atoms with van der Waals surface area (Å²) in [4.78, 5) is 10.8. The molecule has 0 atom stereocenters. The fourth-order valence-corrected chi connectivity index (χ4v) is 0.636. The lowest BCUT2D eigenvalue weighted by Gasteiger charge is -1.98. The van der Waals surface area contributed by atoms with Crippen LogP contribution in [0.3, 0.4) is 0 Å². The van der Waals surface area contributed by atoms with Gasteiger partial charge in [0.2, 0.25) is 0 Å². The van der Waals surface area contributed by atoms with Crippen LogP contribution in [0.1, 0.15) is 0 Å². The van der Waals surface area contributed by atoms with Crippen LogP contribution in [0.4, 0.5) is 5.82 Å². The molecule has 1 aromatic heterocycles. The second-order valence-corrected chi connectivity index (χ2v) is 1.93. The number of hydrogen-bond acceptors (Lipinski definition) is 3. The first-order valence-corrected chi connectivity index (χ1v) is 2.96. The quantitative estimate of drug-likeness (QED) is 0.587. The Bertz CT molecular complexity index is 279. The van der Waals surface area contributed by atoms with Crippen molar-refractivity contribution in [2.75, 3.05) is 12.4 Å². The van der Waals surface area contributed by atoms with Gasteiger partial charge in [-0.15, -0.1) is 0 Å². The van der Waals surface area contributed by atoms with Crippen molar-refractivity contribution >= 4 is 5.82 Å². The number of hydrogen-bond donors (Lipinski definition) is 1. The molecule has 0 bridgehead atoms. The van der Waals surface area contributed by atoms with Gasteiger partial charge in [0.15, 0.2) is 0 Å². The van der Waals surface area contributed by atoms with Crippen molar-refractivity contribution in [2.24, 2.45) is 7.05 Å². The van der Waals surface area contributed by atoms with E-state index < -0.39 is 0 Å². The van der Waals surface area contributed by atoms with Crippen LogP contribution in [0.25, 0.3) is 0 Å². The molecule has 10 heavy (non-hydrogen) atoms. The van der Waals surface area contributed by atoms with E-state index in [1.165, 1.54) is 10.7 Å². The molecule has 0 aliphatic carbocycles. The number of rotatable bonds is 1. The first kappa shape index (κ1) is 6.80. The van der Waals surface area contributed by atoms with Gasteiger partial charge in [0, 0.05) is 20.2 Å². The Hall–Kier alpha value is -1.32. The van der Waals surface area contributed by atoms with E-state index in [-0.39, 0.29) is 5.56 Å². The molecule has 4 heteroatoms. The molecule has 4 nitrogen and oxygen atoms in total. The van der Waals surface area contributed by atoms with Gasteiger partial charge in [-0.05, 0) is 6.07 Å². The van der Waals surface area contributed by atoms with Crippen LogP contribution in [0.5, 0.6) is 0 Å². The molecule has 0 saturated carbocycles. The third-order valence-corrected chi connectivity index (χ3v) is 1.22. The van der Waals surface area contributed by atoms with E-state index in [4.69, 9.17) is 0 Å². The predicted molar refractivity (Wildman–Crippen MR) is 39.0 cm³/mol. The van der Waals surface area contributed by atoms with Crippen molar-refractivity contribution < 1.29 is 0 Å². The van der Waals surface area contributed by atoms with Gasteiger partial charge in [0.05, 0.1) is 0 Å². The highest BCUT2D eigenvalue weighted by atomic mass is 16.1. The van der Waals surface area contributed by atoms with Gasteiger partial charge in [-0.3, -0.25) is 4.79 Å². The molecule has 0 saturated heterocycles. The Morgan fingerprint density at radius 2 is 2.30 bits per heavy atom. The topological polar surface area (TPSA) is 46.9 Å². The van der Waals surface area contributed by atoms with Crippen molar-refractivity contribution in [1.82, 2.24) is 9.78 Å². The highest BCUT2D eigenvalue weighted by Crippen LogP contribution is 1.92. The standard InChI is InChI=1S/C6H9N3O/c1-7-5-3-4-6(10)9(2)8-5/h3-4H,1-2H3,(H,7,8). The lowest BCUT2D eigenvalue weighted by Crippen LogP contribution is -2.18. The zero-order valence-corrected chi connectivity index (χ0v) is 5.96. The summed E-state index contributed by atoms with van der Waals surface area (Å²) in [6.07, 6.45) is 0. The highest BCUT2D eigenvalue weighted by molar-refractivity contribution is 5.30. The van der Waals surface area contributed by atoms with Gasteiger partial charge in [0.1, 0.15) is 5.82 Å². The van der Waals surface area contributed by atoms with Crippen LogP contribution >= 0.6 is 0 Å². The van der Waals surface area contributed by atoms with Crippen molar-refractivity contribution in [3.05, 3.63) is 22.5 Å². The van der Waals surface area contributed by atoms with Crippen molar-refractivity contribution in [1.29, 1.82) is 0 Å². The van der Waals surface area contributed by atoms with Crippen molar-refractivity contribution in [2.45, 2.75) is 0 Å². The molecular formula is C6H9N3O. The number of nitrogens with one attached hydrogen (secondary N) is 1. The molecule has 0 unspecified atom stereocenters.